The summed E-state index contributed by atoms with van der Waals surface area (Å²) in [6.45, 7) is 0.994. The molecule has 0 aliphatic carbocycles. The molecule has 2 aromatic rings. The van der Waals surface area contributed by atoms with Crippen LogP contribution in [0.5, 0.6) is 0 Å². The lowest BCUT2D eigenvalue weighted by molar-refractivity contribution is 0.383. The highest BCUT2D eigenvalue weighted by atomic mass is 15.1. The van der Waals surface area contributed by atoms with Crippen LogP contribution in [0.3, 0.4) is 0 Å². The van der Waals surface area contributed by atoms with Gasteiger partial charge in [0.2, 0.25) is 0 Å². The van der Waals surface area contributed by atoms with Crippen molar-refractivity contribution in [2.75, 3.05) is 6.54 Å². The fraction of sp³-hybridized carbons (Fsp3) is 0.462. The van der Waals surface area contributed by atoms with Crippen molar-refractivity contribution < 1.29 is 0 Å². The van der Waals surface area contributed by atoms with Crippen molar-refractivity contribution in [2.45, 2.75) is 25.3 Å². The molecule has 2 heterocycles. The van der Waals surface area contributed by atoms with E-state index in [9.17, 15) is 0 Å². The number of nitrogens with zero attached hydrogens (tertiary/aromatic N) is 3. The largest absolute Gasteiger partial charge is 0.330 e. The summed E-state index contributed by atoms with van der Waals surface area (Å²) >= 11 is 0. The predicted molar refractivity (Wildman–Crippen MR) is 64.3 cm³/mol. The van der Waals surface area contributed by atoms with Gasteiger partial charge < -0.3 is 4.57 Å². The zero-order valence-corrected chi connectivity index (χ0v) is 9.56. The highest BCUT2D eigenvalue weighted by Gasteiger charge is 2.21. The van der Waals surface area contributed by atoms with E-state index in [4.69, 9.17) is 4.98 Å². The lowest BCUT2D eigenvalue weighted by atomic mass is 10.0. The van der Waals surface area contributed by atoms with Crippen molar-refractivity contribution in [1.82, 2.24) is 14.9 Å². The van der Waals surface area contributed by atoms with Crippen LogP contribution in [0.25, 0.3) is 11.0 Å². The number of piperidine rings is 1. The minimum absolute atomic E-state index is 0.311. The number of rotatable bonds is 1. The van der Waals surface area contributed by atoms with Crippen molar-refractivity contribution in [2.24, 2.45) is 7.05 Å². The van der Waals surface area contributed by atoms with Gasteiger partial charge in [-0.1, -0.05) is 18.6 Å². The second kappa shape index (κ2) is 3.91. The number of fused-ring (bicyclic) bond motifs is 1. The van der Waals surface area contributed by atoms with Gasteiger partial charge in [0.15, 0.2) is 0 Å². The van der Waals surface area contributed by atoms with Gasteiger partial charge in [0.05, 0.1) is 17.1 Å². The SMILES string of the molecule is Cn1c(C2CCCC[N]2)nc2ccccc21. The molecule has 1 aromatic carbocycles. The molecule has 83 valence electrons. The molecular formula is C13H16N3. The smallest absolute Gasteiger partial charge is 0.128 e. The number of benzene rings is 1. The van der Waals surface area contributed by atoms with Crippen molar-refractivity contribution >= 4 is 11.0 Å². The Labute approximate surface area is 95.5 Å². The first-order valence-electron chi connectivity index (χ1n) is 5.94. The molecule has 3 rings (SSSR count). The third kappa shape index (κ3) is 1.52. The quantitative estimate of drug-likeness (QED) is 0.717. The van der Waals surface area contributed by atoms with E-state index in [-0.39, 0.29) is 0 Å². The van der Waals surface area contributed by atoms with E-state index in [0.29, 0.717) is 6.04 Å². The van der Waals surface area contributed by atoms with Crippen molar-refractivity contribution in [1.29, 1.82) is 0 Å². The molecule has 1 radical (unpaired) electrons. The molecule has 1 atom stereocenters. The van der Waals surface area contributed by atoms with Crippen LogP contribution >= 0.6 is 0 Å². The molecule has 1 aliphatic rings. The lowest BCUT2D eigenvalue weighted by Crippen LogP contribution is -2.22. The maximum Gasteiger partial charge on any atom is 0.128 e. The summed E-state index contributed by atoms with van der Waals surface area (Å²) in [7, 11) is 2.09. The molecule has 0 saturated carbocycles. The summed E-state index contributed by atoms with van der Waals surface area (Å²) in [6, 6.07) is 8.60. The zero-order chi connectivity index (χ0) is 11.0. The molecule has 3 heteroatoms. The molecule has 1 saturated heterocycles. The summed E-state index contributed by atoms with van der Waals surface area (Å²) in [4.78, 5) is 4.71. The molecule has 1 aromatic heterocycles. The first kappa shape index (κ1) is 9.85. The molecule has 1 aliphatic heterocycles. The van der Waals surface area contributed by atoms with E-state index >= 15 is 0 Å². The highest BCUT2D eigenvalue weighted by Crippen LogP contribution is 2.26. The molecule has 0 N–H and O–H groups in total. The minimum Gasteiger partial charge on any atom is -0.330 e. The fourth-order valence-corrected chi connectivity index (χ4v) is 2.46. The third-order valence-corrected chi connectivity index (χ3v) is 3.35. The van der Waals surface area contributed by atoms with Gasteiger partial charge in [-0.15, -0.1) is 0 Å². The molecule has 16 heavy (non-hydrogen) atoms. The second-order valence-electron chi connectivity index (χ2n) is 4.44. The Balaban J connectivity index is 2.05. The van der Waals surface area contributed by atoms with E-state index < -0.39 is 0 Å². The van der Waals surface area contributed by atoms with Gasteiger partial charge in [0, 0.05) is 13.6 Å². The van der Waals surface area contributed by atoms with Crippen molar-refractivity contribution in [3.8, 4) is 0 Å². The van der Waals surface area contributed by atoms with Gasteiger partial charge in [-0.05, 0) is 25.0 Å². The summed E-state index contributed by atoms with van der Waals surface area (Å²) < 4.78 is 2.19. The van der Waals surface area contributed by atoms with Crippen LogP contribution < -0.4 is 5.32 Å². The van der Waals surface area contributed by atoms with E-state index in [1.807, 2.05) is 6.07 Å². The van der Waals surface area contributed by atoms with Crippen LogP contribution in [0.15, 0.2) is 24.3 Å². The van der Waals surface area contributed by atoms with Crippen molar-refractivity contribution in [3.05, 3.63) is 30.1 Å². The van der Waals surface area contributed by atoms with Crippen molar-refractivity contribution in [3.63, 3.8) is 0 Å². The van der Waals surface area contributed by atoms with E-state index in [1.54, 1.807) is 0 Å². The van der Waals surface area contributed by atoms with E-state index in [0.717, 1.165) is 24.3 Å². The van der Waals surface area contributed by atoms with E-state index in [2.05, 4.69) is 35.1 Å². The standard InChI is InChI=1S/C13H16N3/c1-16-12-8-3-2-6-10(12)15-13(16)11-7-4-5-9-14-11/h2-3,6,8,11H,4-5,7,9H2,1H3. The predicted octanol–water partition coefficient (Wildman–Crippen LogP) is 2.40. The number of para-hydroxylation sites is 2. The van der Waals surface area contributed by atoms with Gasteiger partial charge in [-0.2, -0.15) is 0 Å². The summed E-state index contributed by atoms with van der Waals surface area (Å²) in [5.41, 5.74) is 2.29. The number of aryl methyl sites for hydroxylation is 1. The first-order chi connectivity index (χ1) is 7.86. The zero-order valence-electron chi connectivity index (χ0n) is 9.56. The van der Waals surface area contributed by atoms with Gasteiger partial charge in [0.1, 0.15) is 5.82 Å². The van der Waals surface area contributed by atoms with Crippen LogP contribution in [0.4, 0.5) is 0 Å². The minimum atomic E-state index is 0.311. The number of hydrogen-bond donors (Lipinski definition) is 0. The second-order valence-corrected chi connectivity index (χ2v) is 4.44. The number of imidazole rings is 1. The molecular weight excluding hydrogens is 198 g/mol. The Kier molecular flexibility index (Phi) is 2.40. The monoisotopic (exact) mass is 214 g/mol. The van der Waals surface area contributed by atoms with Gasteiger partial charge in [0.25, 0.3) is 0 Å². The lowest BCUT2D eigenvalue weighted by Gasteiger charge is -2.21. The molecule has 3 nitrogen and oxygen atoms in total. The topological polar surface area (TPSA) is 31.9 Å². The molecule has 0 bridgehead atoms. The third-order valence-electron chi connectivity index (χ3n) is 3.35. The van der Waals surface area contributed by atoms with Gasteiger partial charge in [-0.3, -0.25) is 0 Å². The first-order valence-corrected chi connectivity index (χ1v) is 5.94. The van der Waals surface area contributed by atoms with Gasteiger partial charge >= 0.3 is 0 Å². The summed E-state index contributed by atoms with van der Waals surface area (Å²) in [5.74, 6) is 1.13. The van der Waals surface area contributed by atoms with Crippen LogP contribution in [0, 0.1) is 0 Å². The molecule has 0 spiro atoms. The molecule has 1 fully saturated rings. The summed E-state index contributed by atoms with van der Waals surface area (Å²) in [5, 5.41) is 4.67. The Morgan fingerprint density at radius 3 is 2.88 bits per heavy atom. The number of hydrogen-bond acceptors (Lipinski definition) is 1. The maximum absolute atomic E-state index is 4.71. The average Bonchev–Trinajstić information content (AvgIpc) is 2.69. The van der Waals surface area contributed by atoms with Crippen LogP contribution in [-0.2, 0) is 7.05 Å². The molecule has 1 unspecified atom stereocenters. The normalized spacial score (nSPS) is 21.4. The van der Waals surface area contributed by atoms with E-state index in [1.165, 1.54) is 18.4 Å². The summed E-state index contributed by atoms with van der Waals surface area (Å²) in [6.07, 6.45) is 3.66. The van der Waals surface area contributed by atoms with Crippen LogP contribution in [0.2, 0.25) is 0 Å². The fourth-order valence-electron chi connectivity index (χ4n) is 2.46. The Hall–Kier alpha value is -1.35. The number of aromatic nitrogens is 2. The Bertz CT molecular complexity index is 495. The molecule has 0 amide bonds. The Morgan fingerprint density at radius 1 is 1.25 bits per heavy atom. The van der Waals surface area contributed by atoms with Crippen LogP contribution in [0.1, 0.15) is 31.1 Å². The maximum atomic E-state index is 4.71. The Morgan fingerprint density at radius 2 is 2.12 bits per heavy atom. The van der Waals surface area contributed by atoms with Crippen LogP contribution in [-0.4, -0.2) is 16.1 Å². The highest BCUT2D eigenvalue weighted by molar-refractivity contribution is 5.75. The van der Waals surface area contributed by atoms with Gasteiger partial charge in [-0.25, -0.2) is 10.3 Å². The average molecular weight is 214 g/mol.